The van der Waals surface area contributed by atoms with Crippen molar-refractivity contribution in [2.24, 2.45) is 0 Å². The number of hydrogen-bond donors (Lipinski definition) is 2. The first kappa shape index (κ1) is 41.9. The first-order valence-electron chi connectivity index (χ1n) is 19.8. The number of ether oxygens (including phenoxy) is 2. The van der Waals surface area contributed by atoms with Crippen molar-refractivity contribution < 1.29 is 19.7 Å². The van der Waals surface area contributed by atoms with E-state index >= 15 is 0 Å². The summed E-state index contributed by atoms with van der Waals surface area (Å²) >= 11 is 3.94. The highest BCUT2D eigenvalue weighted by molar-refractivity contribution is 8.03. The Morgan fingerprint density at radius 3 is 1.17 bits per heavy atom. The molecule has 2 N–H and O–H groups in total. The third kappa shape index (κ3) is 10.3. The second-order valence-electron chi connectivity index (χ2n) is 17.8. The van der Waals surface area contributed by atoms with Gasteiger partial charge in [0.25, 0.3) is 0 Å². The molecule has 1 aliphatic carbocycles. The van der Waals surface area contributed by atoms with Crippen molar-refractivity contribution in [2.75, 3.05) is 0 Å². The van der Waals surface area contributed by atoms with Crippen molar-refractivity contribution in [1.29, 1.82) is 0 Å². The Labute approximate surface area is 334 Å². The fourth-order valence-corrected chi connectivity index (χ4v) is 10.7. The SMILES string of the molecule is Cc1cc(C)c(Oc2cc(C(C)(C)C)cc(CS[C@H]3CCCCCC[C@@H]3SCc3cc(C(C)(C)C)cc(Oc4c(C)cc(C)cc4C)c3O)c2O)c(C)c1. The van der Waals surface area contributed by atoms with Crippen LogP contribution in [0, 0.1) is 41.5 Å². The van der Waals surface area contributed by atoms with E-state index < -0.39 is 0 Å². The Kier molecular flexibility index (Phi) is 13.4. The van der Waals surface area contributed by atoms with Gasteiger partial charge in [0.05, 0.1) is 0 Å². The summed E-state index contributed by atoms with van der Waals surface area (Å²) in [7, 11) is 0. The van der Waals surface area contributed by atoms with E-state index in [2.05, 4.69) is 119 Å². The number of benzene rings is 4. The minimum Gasteiger partial charge on any atom is -0.504 e. The second-order valence-corrected chi connectivity index (χ2v) is 20.3. The van der Waals surface area contributed by atoms with Crippen LogP contribution < -0.4 is 9.47 Å². The Bertz CT molecular complexity index is 1760. The normalized spacial score (nSPS) is 16.9. The zero-order valence-electron chi connectivity index (χ0n) is 35.0. The predicted octanol–water partition coefficient (Wildman–Crippen LogP) is 14.4. The zero-order valence-corrected chi connectivity index (χ0v) is 36.6. The van der Waals surface area contributed by atoms with Crippen LogP contribution in [-0.4, -0.2) is 20.7 Å². The summed E-state index contributed by atoms with van der Waals surface area (Å²) in [6.45, 7) is 25.8. The van der Waals surface area contributed by atoms with Crippen LogP contribution in [0.5, 0.6) is 34.5 Å². The molecule has 2 atom stereocenters. The second kappa shape index (κ2) is 17.3. The highest BCUT2D eigenvalue weighted by Gasteiger charge is 2.28. The maximum Gasteiger partial charge on any atom is 0.169 e. The fourth-order valence-electron chi connectivity index (χ4n) is 7.64. The third-order valence-electron chi connectivity index (χ3n) is 10.7. The number of phenols is 2. The van der Waals surface area contributed by atoms with Crippen molar-refractivity contribution in [3.05, 3.63) is 104 Å². The molecular formula is C48H64O4S2. The number of hydrogen-bond acceptors (Lipinski definition) is 6. The van der Waals surface area contributed by atoms with Gasteiger partial charge in [-0.2, -0.15) is 23.5 Å². The van der Waals surface area contributed by atoms with E-state index in [1.165, 1.54) is 36.8 Å². The van der Waals surface area contributed by atoms with Crippen molar-refractivity contribution in [3.63, 3.8) is 0 Å². The highest BCUT2D eigenvalue weighted by Crippen LogP contribution is 2.46. The van der Waals surface area contributed by atoms with Crippen molar-refractivity contribution >= 4 is 23.5 Å². The molecule has 0 radical (unpaired) electrons. The standard InChI is InChI=1S/C48H64O4S2/c1-29-19-31(3)45(32(4)20-29)51-39-25-37(47(7,8)9)23-35(43(39)49)27-53-41-17-15-13-14-16-18-42(41)54-28-36-24-38(48(10,11)12)26-40(44(36)50)52-46-33(5)21-30(2)22-34(46)6/h19-26,41-42,49-50H,13-18,27-28H2,1-12H3/t41-,42-/m0/s1. The lowest BCUT2D eigenvalue weighted by Gasteiger charge is -2.30. The zero-order chi connectivity index (χ0) is 39.5. The molecular weight excluding hydrogens is 705 g/mol. The number of thioether (sulfide) groups is 2. The largest absolute Gasteiger partial charge is 0.504 e. The summed E-state index contributed by atoms with van der Waals surface area (Å²) in [5.41, 5.74) is 10.6. The van der Waals surface area contributed by atoms with E-state index in [1.807, 2.05) is 35.7 Å². The summed E-state index contributed by atoms with van der Waals surface area (Å²) in [4.78, 5) is 0. The molecule has 1 aliphatic rings. The number of rotatable bonds is 10. The van der Waals surface area contributed by atoms with Gasteiger partial charge in [0.15, 0.2) is 23.0 Å². The number of aryl methyl sites for hydroxylation is 6. The molecule has 4 aromatic rings. The fraction of sp³-hybridized carbons (Fsp3) is 0.500. The van der Waals surface area contributed by atoms with Crippen molar-refractivity contribution in [3.8, 4) is 34.5 Å². The van der Waals surface area contributed by atoms with Crippen LogP contribution in [0.15, 0.2) is 48.5 Å². The summed E-state index contributed by atoms with van der Waals surface area (Å²) in [6, 6.07) is 16.9. The van der Waals surface area contributed by atoms with Gasteiger partial charge >= 0.3 is 0 Å². The van der Waals surface area contributed by atoms with E-state index in [0.717, 1.165) is 68.8 Å². The molecule has 292 valence electrons. The molecule has 0 heterocycles. The Hall–Kier alpha value is -3.22. The van der Waals surface area contributed by atoms with E-state index in [0.29, 0.717) is 33.5 Å². The lowest BCUT2D eigenvalue weighted by molar-refractivity contribution is 0.403. The molecule has 0 saturated heterocycles. The van der Waals surface area contributed by atoms with Crippen LogP contribution in [0.2, 0.25) is 0 Å². The maximum atomic E-state index is 11.7. The molecule has 0 amide bonds. The first-order chi connectivity index (χ1) is 25.3. The maximum absolute atomic E-state index is 11.7. The van der Waals surface area contributed by atoms with E-state index in [4.69, 9.17) is 9.47 Å². The number of phenolic OH excluding ortho intramolecular Hbond substituents is 2. The van der Waals surface area contributed by atoms with Crippen LogP contribution in [0.4, 0.5) is 0 Å². The van der Waals surface area contributed by atoms with Crippen LogP contribution in [-0.2, 0) is 22.3 Å². The van der Waals surface area contributed by atoms with Gasteiger partial charge in [0, 0.05) is 33.1 Å². The molecule has 6 heteroatoms. The van der Waals surface area contributed by atoms with Gasteiger partial charge in [-0.3, -0.25) is 0 Å². The molecule has 54 heavy (non-hydrogen) atoms. The van der Waals surface area contributed by atoms with E-state index in [-0.39, 0.29) is 22.3 Å². The number of aromatic hydroxyl groups is 2. The molecule has 0 spiro atoms. The topological polar surface area (TPSA) is 58.9 Å². The van der Waals surface area contributed by atoms with Gasteiger partial charge in [-0.15, -0.1) is 0 Å². The first-order valence-corrected chi connectivity index (χ1v) is 21.9. The molecule has 1 saturated carbocycles. The Morgan fingerprint density at radius 2 is 0.852 bits per heavy atom. The smallest absolute Gasteiger partial charge is 0.169 e. The van der Waals surface area contributed by atoms with Crippen molar-refractivity contribution in [2.45, 2.75) is 154 Å². The average molecular weight is 769 g/mol. The molecule has 1 fully saturated rings. The molecule has 0 aliphatic heterocycles. The Balaban J connectivity index is 1.41. The summed E-state index contributed by atoms with van der Waals surface area (Å²) in [6.07, 6.45) is 7.23. The minimum absolute atomic E-state index is 0.107. The lowest BCUT2D eigenvalue weighted by Crippen LogP contribution is -2.22. The van der Waals surface area contributed by atoms with Crippen LogP contribution >= 0.6 is 23.5 Å². The predicted molar refractivity (Wildman–Crippen MR) is 233 cm³/mol. The van der Waals surface area contributed by atoms with Crippen LogP contribution in [0.25, 0.3) is 0 Å². The summed E-state index contributed by atoms with van der Waals surface area (Å²) in [5, 5.41) is 24.3. The van der Waals surface area contributed by atoms with Gasteiger partial charge in [-0.05, 0) is 111 Å². The van der Waals surface area contributed by atoms with Crippen LogP contribution in [0.1, 0.15) is 136 Å². The molecule has 0 bridgehead atoms. The average Bonchev–Trinajstić information content (AvgIpc) is 3.05. The molecule has 5 rings (SSSR count). The van der Waals surface area contributed by atoms with Gasteiger partial charge in [-0.25, -0.2) is 0 Å². The third-order valence-corrected chi connectivity index (χ3v) is 13.8. The highest BCUT2D eigenvalue weighted by atomic mass is 32.2. The van der Waals surface area contributed by atoms with Gasteiger partial charge in [0.2, 0.25) is 0 Å². The van der Waals surface area contributed by atoms with Gasteiger partial charge < -0.3 is 19.7 Å². The Morgan fingerprint density at radius 1 is 0.519 bits per heavy atom. The van der Waals surface area contributed by atoms with Crippen LogP contribution in [0.3, 0.4) is 0 Å². The summed E-state index contributed by atoms with van der Waals surface area (Å²) < 4.78 is 13.1. The quantitative estimate of drug-likeness (QED) is 0.168. The minimum atomic E-state index is -0.107. The lowest BCUT2D eigenvalue weighted by atomic mass is 9.86. The monoisotopic (exact) mass is 768 g/mol. The molecule has 0 unspecified atom stereocenters. The van der Waals surface area contributed by atoms with E-state index in [9.17, 15) is 10.2 Å². The molecule has 0 aromatic heterocycles. The molecule has 4 aromatic carbocycles. The molecule has 4 nitrogen and oxygen atoms in total. The van der Waals surface area contributed by atoms with Gasteiger partial charge in [0.1, 0.15) is 11.5 Å². The van der Waals surface area contributed by atoms with E-state index in [1.54, 1.807) is 0 Å². The van der Waals surface area contributed by atoms with Gasteiger partial charge in [-0.1, -0.05) is 115 Å². The summed E-state index contributed by atoms with van der Waals surface area (Å²) in [5.74, 6) is 4.57. The van der Waals surface area contributed by atoms with Crippen molar-refractivity contribution in [1.82, 2.24) is 0 Å².